The third-order valence-electron chi connectivity index (χ3n) is 2.55. The van der Waals surface area contributed by atoms with E-state index in [1.54, 1.807) is 18.7 Å². The molecule has 0 atom stereocenters. The number of hydrogen-bond acceptors (Lipinski definition) is 4. The van der Waals surface area contributed by atoms with Crippen molar-refractivity contribution in [3.05, 3.63) is 30.9 Å². The Kier molecular flexibility index (Phi) is 3.57. The van der Waals surface area contributed by atoms with Gasteiger partial charge in [-0.2, -0.15) is 0 Å². The molecule has 6 nitrogen and oxygen atoms in total. The molecule has 94 valence electrons. The number of imidazole rings is 1. The largest absolute Gasteiger partial charge is 0.383 e. The summed E-state index contributed by atoms with van der Waals surface area (Å²) in [6.07, 6.45) is 5.10. The number of nitrogen functional groups attached to an aromatic ring is 1. The predicted octanol–water partition coefficient (Wildman–Crippen LogP) is 0.663. The lowest BCUT2D eigenvalue weighted by molar-refractivity contribution is -0.118. The number of nitrogens with one attached hydrogen (secondary N) is 1. The Morgan fingerprint density at radius 3 is 3.11 bits per heavy atom. The Labute approximate surface area is 105 Å². The molecule has 2 heterocycles. The number of nitrogens with two attached hydrogens (primary N) is 1. The van der Waals surface area contributed by atoms with Crippen LogP contribution in [0.3, 0.4) is 0 Å². The zero-order chi connectivity index (χ0) is 13.0. The van der Waals surface area contributed by atoms with Gasteiger partial charge in [0, 0.05) is 31.8 Å². The molecule has 0 saturated carbocycles. The number of aromatic nitrogens is 3. The number of pyridine rings is 1. The molecule has 3 N–H and O–H groups in total. The second-order valence-electron chi connectivity index (χ2n) is 3.89. The predicted molar refractivity (Wildman–Crippen MR) is 68.6 cm³/mol. The minimum absolute atomic E-state index is 0.0439. The van der Waals surface area contributed by atoms with E-state index in [0.29, 0.717) is 18.9 Å². The van der Waals surface area contributed by atoms with Crippen LogP contribution in [-0.4, -0.2) is 27.0 Å². The number of carbonyl (C=O) groups excluding carboxylic acids is 1. The highest BCUT2D eigenvalue weighted by molar-refractivity contribution is 5.73. The van der Waals surface area contributed by atoms with E-state index >= 15 is 0 Å². The van der Waals surface area contributed by atoms with Crippen LogP contribution in [0.4, 0.5) is 5.82 Å². The Bertz CT molecular complexity index is 549. The number of nitrogens with zero attached hydrogens (tertiary/aromatic N) is 3. The summed E-state index contributed by atoms with van der Waals surface area (Å²) in [6.45, 7) is 2.69. The second kappa shape index (κ2) is 5.31. The van der Waals surface area contributed by atoms with Gasteiger partial charge in [-0.25, -0.2) is 9.97 Å². The maximum atomic E-state index is 10.8. The standard InChI is InChI=1S/C12H15N5O/c1-9(18)15-5-6-17-8-14-7-11(17)10-3-2-4-16-12(10)13/h2-4,7-8H,5-6H2,1H3,(H2,13,16)(H,15,18). The van der Waals surface area contributed by atoms with Gasteiger partial charge in [0.25, 0.3) is 0 Å². The summed E-state index contributed by atoms with van der Waals surface area (Å²) >= 11 is 0. The summed E-state index contributed by atoms with van der Waals surface area (Å²) in [5, 5.41) is 2.74. The smallest absolute Gasteiger partial charge is 0.216 e. The average molecular weight is 245 g/mol. The van der Waals surface area contributed by atoms with Gasteiger partial charge in [0.2, 0.25) is 5.91 Å². The average Bonchev–Trinajstić information content (AvgIpc) is 2.77. The first-order chi connectivity index (χ1) is 8.68. The molecule has 0 spiro atoms. The molecule has 0 radical (unpaired) electrons. The van der Waals surface area contributed by atoms with Crippen molar-refractivity contribution in [3.63, 3.8) is 0 Å². The van der Waals surface area contributed by atoms with Gasteiger partial charge in [0.1, 0.15) is 5.82 Å². The van der Waals surface area contributed by atoms with E-state index in [-0.39, 0.29) is 5.91 Å². The van der Waals surface area contributed by atoms with E-state index in [4.69, 9.17) is 5.73 Å². The van der Waals surface area contributed by atoms with Crippen molar-refractivity contribution in [2.75, 3.05) is 12.3 Å². The van der Waals surface area contributed by atoms with E-state index in [9.17, 15) is 4.79 Å². The summed E-state index contributed by atoms with van der Waals surface area (Å²) in [4.78, 5) is 19.0. The number of amides is 1. The highest BCUT2D eigenvalue weighted by Crippen LogP contribution is 2.22. The lowest BCUT2D eigenvalue weighted by Gasteiger charge is -2.09. The Morgan fingerprint density at radius 1 is 1.56 bits per heavy atom. The van der Waals surface area contributed by atoms with Crippen molar-refractivity contribution in [1.29, 1.82) is 0 Å². The van der Waals surface area contributed by atoms with Crippen LogP contribution in [0, 0.1) is 0 Å². The monoisotopic (exact) mass is 245 g/mol. The van der Waals surface area contributed by atoms with Gasteiger partial charge in [-0.05, 0) is 12.1 Å². The van der Waals surface area contributed by atoms with E-state index in [1.165, 1.54) is 6.92 Å². The SMILES string of the molecule is CC(=O)NCCn1cncc1-c1cccnc1N. The van der Waals surface area contributed by atoms with Crippen molar-refractivity contribution in [2.45, 2.75) is 13.5 Å². The van der Waals surface area contributed by atoms with Crippen LogP contribution in [0.5, 0.6) is 0 Å². The van der Waals surface area contributed by atoms with Gasteiger partial charge in [-0.3, -0.25) is 4.79 Å². The molecule has 0 fully saturated rings. The fourth-order valence-electron chi connectivity index (χ4n) is 1.71. The fourth-order valence-corrected chi connectivity index (χ4v) is 1.71. The zero-order valence-electron chi connectivity index (χ0n) is 10.1. The van der Waals surface area contributed by atoms with Gasteiger partial charge in [-0.15, -0.1) is 0 Å². The van der Waals surface area contributed by atoms with Crippen molar-refractivity contribution in [1.82, 2.24) is 19.9 Å². The van der Waals surface area contributed by atoms with Crippen molar-refractivity contribution >= 4 is 11.7 Å². The summed E-state index contributed by atoms with van der Waals surface area (Å²) in [5.41, 5.74) is 7.58. The zero-order valence-corrected chi connectivity index (χ0v) is 10.1. The quantitative estimate of drug-likeness (QED) is 0.828. The van der Waals surface area contributed by atoms with Gasteiger partial charge < -0.3 is 15.6 Å². The van der Waals surface area contributed by atoms with Crippen molar-refractivity contribution in [3.8, 4) is 11.3 Å². The summed E-state index contributed by atoms with van der Waals surface area (Å²) in [5.74, 6) is 0.427. The third kappa shape index (κ3) is 2.65. The molecule has 0 aliphatic carbocycles. The maximum Gasteiger partial charge on any atom is 0.216 e. The molecule has 6 heteroatoms. The van der Waals surface area contributed by atoms with Gasteiger partial charge >= 0.3 is 0 Å². The molecule has 2 rings (SSSR count). The molecule has 0 aliphatic heterocycles. The summed E-state index contributed by atoms with van der Waals surface area (Å²) in [6, 6.07) is 3.73. The molecule has 0 bridgehead atoms. The Morgan fingerprint density at radius 2 is 2.39 bits per heavy atom. The molecule has 18 heavy (non-hydrogen) atoms. The molecular formula is C12H15N5O. The maximum absolute atomic E-state index is 10.8. The second-order valence-corrected chi connectivity index (χ2v) is 3.89. The number of carbonyl (C=O) groups is 1. The molecular weight excluding hydrogens is 230 g/mol. The van der Waals surface area contributed by atoms with E-state index in [2.05, 4.69) is 15.3 Å². The van der Waals surface area contributed by atoms with Crippen LogP contribution in [0.1, 0.15) is 6.92 Å². The third-order valence-corrected chi connectivity index (χ3v) is 2.55. The number of rotatable bonds is 4. The molecule has 2 aromatic heterocycles. The molecule has 2 aromatic rings. The number of anilines is 1. The summed E-state index contributed by atoms with van der Waals surface area (Å²) in [7, 11) is 0. The van der Waals surface area contributed by atoms with Crippen LogP contribution < -0.4 is 11.1 Å². The van der Waals surface area contributed by atoms with Crippen LogP contribution >= 0.6 is 0 Å². The molecule has 0 saturated heterocycles. The molecule has 0 unspecified atom stereocenters. The molecule has 1 amide bonds. The first-order valence-corrected chi connectivity index (χ1v) is 5.64. The lowest BCUT2D eigenvalue weighted by atomic mass is 10.2. The van der Waals surface area contributed by atoms with E-state index in [0.717, 1.165) is 11.3 Å². The topological polar surface area (TPSA) is 85.8 Å². The fraction of sp³-hybridized carbons (Fsp3) is 0.250. The minimum Gasteiger partial charge on any atom is -0.383 e. The molecule has 0 aliphatic rings. The lowest BCUT2D eigenvalue weighted by Crippen LogP contribution is -2.24. The van der Waals surface area contributed by atoms with Crippen LogP contribution in [-0.2, 0) is 11.3 Å². The van der Waals surface area contributed by atoms with Gasteiger partial charge in [0.15, 0.2) is 0 Å². The minimum atomic E-state index is -0.0439. The van der Waals surface area contributed by atoms with Crippen LogP contribution in [0.15, 0.2) is 30.9 Å². The van der Waals surface area contributed by atoms with Crippen molar-refractivity contribution in [2.24, 2.45) is 0 Å². The van der Waals surface area contributed by atoms with Crippen LogP contribution in [0.25, 0.3) is 11.3 Å². The van der Waals surface area contributed by atoms with E-state index in [1.807, 2.05) is 16.7 Å². The first-order valence-electron chi connectivity index (χ1n) is 5.64. The highest BCUT2D eigenvalue weighted by Gasteiger charge is 2.08. The summed E-state index contributed by atoms with van der Waals surface area (Å²) < 4.78 is 1.93. The Hall–Kier alpha value is -2.37. The van der Waals surface area contributed by atoms with E-state index < -0.39 is 0 Å². The highest BCUT2D eigenvalue weighted by atomic mass is 16.1. The molecule has 0 aromatic carbocycles. The van der Waals surface area contributed by atoms with Gasteiger partial charge in [-0.1, -0.05) is 0 Å². The van der Waals surface area contributed by atoms with Gasteiger partial charge in [0.05, 0.1) is 18.2 Å². The normalized spacial score (nSPS) is 10.3. The Balaban J connectivity index is 2.18. The van der Waals surface area contributed by atoms with Crippen LogP contribution in [0.2, 0.25) is 0 Å². The number of hydrogen-bond donors (Lipinski definition) is 2. The first kappa shape index (κ1) is 12.1. The van der Waals surface area contributed by atoms with Crippen molar-refractivity contribution < 1.29 is 4.79 Å².